The van der Waals surface area contributed by atoms with Crippen molar-refractivity contribution in [2.45, 2.75) is 91.1 Å². The molecule has 2 aliphatic rings. The van der Waals surface area contributed by atoms with E-state index in [-0.39, 0.29) is 42.7 Å². The van der Waals surface area contributed by atoms with E-state index in [2.05, 4.69) is 4.99 Å². The monoisotopic (exact) mass is 589 g/mol. The summed E-state index contributed by atoms with van der Waals surface area (Å²) in [6.07, 6.45) is 3.82. The number of benzene rings is 1. The van der Waals surface area contributed by atoms with Crippen molar-refractivity contribution in [2.24, 2.45) is 4.99 Å². The zero-order chi connectivity index (χ0) is 31.0. The van der Waals surface area contributed by atoms with Gasteiger partial charge in [0.2, 0.25) is 0 Å². The number of hydrogen-bond acceptors (Lipinski definition) is 8. The third-order valence-electron chi connectivity index (χ3n) is 6.92. The van der Waals surface area contributed by atoms with Gasteiger partial charge in [-0.05, 0) is 60.5 Å². The van der Waals surface area contributed by atoms with Crippen molar-refractivity contribution in [1.82, 2.24) is 19.6 Å². The average Bonchev–Trinajstić information content (AvgIpc) is 3.35. The number of fused-ring (bicyclic) bond motifs is 1. The first kappa shape index (κ1) is 32.8. The van der Waals surface area contributed by atoms with Gasteiger partial charge in [-0.25, -0.2) is 9.59 Å². The quantitative estimate of drug-likeness (QED) is 0.319. The van der Waals surface area contributed by atoms with Crippen molar-refractivity contribution in [2.75, 3.05) is 33.2 Å². The first-order valence-electron chi connectivity index (χ1n) is 14.5. The molecule has 3 heterocycles. The molecule has 0 aliphatic carbocycles. The first-order valence-corrected chi connectivity index (χ1v) is 14.5. The van der Waals surface area contributed by atoms with E-state index in [0.29, 0.717) is 50.3 Å². The van der Waals surface area contributed by atoms with Gasteiger partial charge < -0.3 is 24.0 Å². The van der Waals surface area contributed by atoms with Gasteiger partial charge in [-0.1, -0.05) is 0 Å². The summed E-state index contributed by atoms with van der Waals surface area (Å²) in [5, 5.41) is 5.65. The third-order valence-corrected chi connectivity index (χ3v) is 6.92. The highest BCUT2D eigenvalue weighted by molar-refractivity contribution is 6.00. The minimum atomic E-state index is -0.530. The number of hydrogen-bond donors (Lipinski definition) is 0. The summed E-state index contributed by atoms with van der Waals surface area (Å²) in [6.45, 7) is 13.4. The van der Waals surface area contributed by atoms with Crippen LogP contribution in [0.3, 0.4) is 0 Å². The van der Waals surface area contributed by atoms with Gasteiger partial charge >= 0.3 is 12.2 Å². The third kappa shape index (κ3) is 9.15. The lowest BCUT2D eigenvalue weighted by atomic mass is 10.1. The topological polar surface area (TPSA) is 116 Å². The van der Waals surface area contributed by atoms with Crippen molar-refractivity contribution in [1.29, 1.82) is 0 Å². The molecular formula is C30H44FN5O6. The molecule has 4 rings (SSSR count). The molecule has 0 saturated carbocycles. The predicted molar refractivity (Wildman–Crippen MR) is 158 cm³/mol. The highest BCUT2D eigenvalue weighted by atomic mass is 19.1. The number of carbonyl (C=O) groups excluding carboxylic acids is 3. The Kier molecular flexibility index (Phi) is 11.3. The number of Topliss-reactive ketones (excluding diaryl/α,β-unsaturated/α-hetero) is 1. The van der Waals surface area contributed by atoms with Crippen LogP contribution in [-0.4, -0.2) is 95.1 Å². The van der Waals surface area contributed by atoms with Crippen LogP contribution >= 0.6 is 0 Å². The smallest absolute Gasteiger partial charge is 0.410 e. The number of ketones is 1. The SMILES string of the molecule is CC(=O)c1cc2cn(C3CCN(C(=O)OC4CCN(C(=O)OC(C)(C)C)CC4)CC3)nc2cc1OC(C)C.CN=CF. The van der Waals surface area contributed by atoms with E-state index < -0.39 is 5.60 Å². The maximum atomic E-state index is 12.8. The molecule has 232 valence electrons. The zero-order valence-corrected chi connectivity index (χ0v) is 25.8. The molecule has 11 nitrogen and oxygen atoms in total. The lowest BCUT2D eigenvalue weighted by Crippen LogP contribution is -2.46. The Bertz CT molecular complexity index is 1250. The van der Waals surface area contributed by atoms with Gasteiger partial charge in [0.05, 0.1) is 23.2 Å². The van der Waals surface area contributed by atoms with Crippen LogP contribution in [0.5, 0.6) is 5.75 Å². The summed E-state index contributed by atoms with van der Waals surface area (Å²) >= 11 is 0. The fourth-order valence-electron chi connectivity index (χ4n) is 4.90. The van der Waals surface area contributed by atoms with Crippen molar-refractivity contribution in [3.05, 3.63) is 23.9 Å². The molecule has 12 heteroatoms. The fraction of sp³-hybridized carbons (Fsp3) is 0.633. The molecular weight excluding hydrogens is 545 g/mol. The zero-order valence-electron chi connectivity index (χ0n) is 25.8. The largest absolute Gasteiger partial charge is 0.490 e. The minimum Gasteiger partial charge on any atom is -0.490 e. The molecule has 2 aromatic rings. The lowest BCUT2D eigenvalue weighted by Gasteiger charge is -2.35. The van der Waals surface area contributed by atoms with Gasteiger partial charge in [-0.2, -0.15) is 9.49 Å². The van der Waals surface area contributed by atoms with E-state index >= 15 is 0 Å². The van der Waals surface area contributed by atoms with Gasteiger partial charge in [0.15, 0.2) is 12.3 Å². The molecule has 0 radical (unpaired) electrons. The van der Waals surface area contributed by atoms with Crippen LogP contribution in [0.4, 0.5) is 14.0 Å². The number of likely N-dealkylation sites (tertiary alicyclic amines) is 2. The standard InChI is InChI=1S/C28H40N4O6.C2H4FN/c1-18(2)36-25-16-24-20(15-23(25)19(3)33)17-32(29-24)21-7-11-30(12-8-21)26(34)37-22-9-13-31(14-10-22)27(35)38-28(4,5)6;1-4-2-3/h15-18,21-22H,7-14H2,1-6H3;2H,1H3. The normalized spacial score (nSPS) is 16.9. The van der Waals surface area contributed by atoms with Crippen LogP contribution < -0.4 is 4.74 Å². The maximum absolute atomic E-state index is 12.8. The molecule has 0 spiro atoms. The number of ether oxygens (including phenoxy) is 3. The molecule has 2 aliphatic heterocycles. The molecule has 1 aromatic carbocycles. The Morgan fingerprint density at radius 2 is 1.60 bits per heavy atom. The Balaban J connectivity index is 0.00000114. The Hall–Kier alpha value is -3.70. The van der Waals surface area contributed by atoms with Crippen LogP contribution in [0.2, 0.25) is 0 Å². The van der Waals surface area contributed by atoms with E-state index in [1.54, 1.807) is 9.80 Å². The number of carbonyl (C=O) groups is 3. The highest BCUT2D eigenvalue weighted by Gasteiger charge is 2.31. The summed E-state index contributed by atoms with van der Waals surface area (Å²) in [4.78, 5) is 43.6. The predicted octanol–water partition coefficient (Wildman–Crippen LogP) is 5.81. The second kappa shape index (κ2) is 14.5. The van der Waals surface area contributed by atoms with Crippen LogP contribution in [0.15, 0.2) is 23.3 Å². The Morgan fingerprint density at radius 1 is 1.02 bits per heavy atom. The molecule has 2 amide bonds. The number of nitrogens with zero attached hydrogens (tertiary/aromatic N) is 5. The van der Waals surface area contributed by atoms with Crippen molar-refractivity contribution >= 4 is 35.3 Å². The average molecular weight is 590 g/mol. The van der Waals surface area contributed by atoms with E-state index in [4.69, 9.17) is 19.3 Å². The summed E-state index contributed by atoms with van der Waals surface area (Å²) in [7, 11) is 1.38. The van der Waals surface area contributed by atoms with Crippen LogP contribution in [0.25, 0.3) is 10.9 Å². The molecule has 1 aromatic heterocycles. The number of halogens is 1. The number of aromatic nitrogens is 2. The number of amides is 2. The molecule has 0 atom stereocenters. The number of aliphatic imine (C=N–C) groups is 1. The highest BCUT2D eigenvalue weighted by Crippen LogP contribution is 2.30. The Labute approximate surface area is 247 Å². The van der Waals surface area contributed by atoms with E-state index in [0.717, 1.165) is 23.7 Å². The second-order valence-electron chi connectivity index (χ2n) is 11.9. The maximum Gasteiger partial charge on any atom is 0.410 e. The van der Waals surface area contributed by atoms with Crippen LogP contribution in [0, 0.1) is 0 Å². The van der Waals surface area contributed by atoms with E-state index in [1.807, 2.05) is 57.6 Å². The summed E-state index contributed by atoms with van der Waals surface area (Å²) in [5.74, 6) is 0.511. The summed E-state index contributed by atoms with van der Waals surface area (Å²) in [5.41, 5.74) is 0.809. The molecule has 0 N–H and O–H groups in total. The molecule has 0 bridgehead atoms. The van der Waals surface area contributed by atoms with Gasteiger partial charge in [-0.3, -0.25) is 14.5 Å². The van der Waals surface area contributed by atoms with Gasteiger partial charge in [-0.15, -0.1) is 0 Å². The number of piperidine rings is 2. The van der Waals surface area contributed by atoms with Crippen molar-refractivity contribution < 1.29 is 33.0 Å². The lowest BCUT2D eigenvalue weighted by molar-refractivity contribution is -0.000554. The number of rotatable bonds is 5. The summed E-state index contributed by atoms with van der Waals surface area (Å²) in [6, 6.07) is 3.83. The second-order valence-corrected chi connectivity index (χ2v) is 11.9. The fourth-order valence-corrected chi connectivity index (χ4v) is 4.90. The van der Waals surface area contributed by atoms with E-state index in [1.165, 1.54) is 14.0 Å². The Morgan fingerprint density at radius 3 is 2.12 bits per heavy atom. The van der Waals surface area contributed by atoms with Crippen molar-refractivity contribution in [3.8, 4) is 5.75 Å². The molecule has 2 saturated heterocycles. The van der Waals surface area contributed by atoms with Gasteiger partial charge in [0.1, 0.15) is 17.5 Å². The molecule has 2 fully saturated rings. The minimum absolute atomic E-state index is 0.0439. The van der Waals surface area contributed by atoms with Gasteiger partial charge in [0, 0.05) is 63.7 Å². The summed E-state index contributed by atoms with van der Waals surface area (Å²) < 4.78 is 29.4. The van der Waals surface area contributed by atoms with Gasteiger partial charge in [0.25, 0.3) is 0 Å². The van der Waals surface area contributed by atoms with Crippen molar-refractivity contribution in [3.63, 3.8) is 0 Å². The van der Waals surface area contributed by atoms with Crippen LogP contribution in [-0.2, 0) is 9.47 Å². The molecule has 0 unspecified atom stereocenters. The first-order chi connectivity index (χ1) is 19.8. The van der Waals surface area contributed by atoms with E-state index in [9.17, 15) is 18.8 Å². The van der Waals surface area contributed by atoms with Crippen LogP contribution in [0.1, 0.15) is 83.6 Å². The molecule has 42 heavy (non-hydrogen) atoms.